The van der Waals surface area contributed by atoms with Crippen molar-refractivity contribution in [2.45, 2.75) is 12.0 Å². The van der Waals surface area contributed by atoms with Crippen molar-refractivity contribution in [1.82, 2.24) is 0 Å². The van der Waals surface area contributed by atoms with Crippen LogP contribution in [0.4, 0.5) is 11.4 Å². The molecule has 1 saturated heterocycles. The third kappa shape index (κ3) is 2.72. The smallest absolute Gasteiger partial charge is 0.293 e. The number of nitro benzene ring substituents is 1. The Morgan fingerprint density at radius 2 is 2.39 bits per heavy atom. The Balaban J connectivity index is 2.15. The molecule has 98 valence electrons. The number of aliphatic hydroxyl groups is 1. The lowest BCUT2D eigenvalue weighted by Crippen LogP contribution is -2.37. The van der Waals surface area contributed by atoms with E-state index < -0.39 is 10.5 Å². The summed E-state index contributed by atoms with van der Waals surface area (Å²) in [5.74, 6) is 0. The number of ether oxygens (including phenoxy) is 1. The first kappa shape index (κ1) is 13.1. The van der Waals surface area contributed by atoms with Crippen molar-refractivity contribution >= 4 is 23.0 Å². The molecular weight excluding hydrogens is 260 g/mol. The fourth-order valence-corrected chi connectivity index (χ4v) is 2.07. The summed E-state index contributed by atoms with van der Waals surface area (Å²) in [6, 6.07) is 4.44. The highest BCUT2D eigenvalue weighted by molar-refractivity contribution is 6.33. The molecule has 1 unspecified atom stereocenters. The molecule has 0 spiro atoms. The fourth-order valence-electron chi connectivity index (χ4n) is 1.83. The number of halogens is 1. The second-order valence-electron chi connectivity index (χ2n) is 4.27. The van der Waals surface area contributed by atoms with Crippen LogP contribution in [-0.4, -0.2) is 35.4 Å². The molecule has 0 aliphatic carbocycles. The molecule has 7 heteroatoms. The van der Waals surface area contributed by atoms with Crippen LogP contribution in [0.2, 0.25) is 5.02 Å². The van der Waals surface area contributed by atoms with Crippen molar-refractivity contribution in [3.05, 3.63) is 33.3 Å². The zero-order chi connectivity index (χ0) is 13.2. The number of hydrogen-bond donors (Lipinski definition) is 2. The number of rotatable bonds is 4. The molecule has 0 radical (unpaired) electrons. The summed E-state index contributed by atoms with van der Waals surface area (Å²) in [6.07, 6.45) is 0.498. The monoisotopic (exact) mass is 272 g/mol. The maximum absolute atomic E-state index is 10.9. The first-order valence-electron chi connectivity index (χ1n) is 5.49. The second-order valence-corrected chi connectivity index (χ2v) is 4.68. The second kappa shape index (κ2) is 5.09. The van der Waals surface area contributed by atoms with Crippen LogP contribution in [0.5, 0.6) is 0 Å². The Morgan fingerprint density at radius 1 is 1.61 bits per heavy atom. The Bertz CT molecular complexity index is 460. The minimum absolute atomic E-state index is 0.106. The van der Waals surface area contributed by atoms with E-state index in [-0.39, 0.29) is 29.5 Å². The van der Waals surface area contributed by atoms with Gasteiger partial charge in [-0.15, -0.1) is 0 Å². The highest BCUT2D eigenvalue weighted by Crippen LogP contribution is 2.32. The van der Waals surface area contributed by atoms with Crippen LogP contribution in [0.3, 0.4) is 0 Å². The lowest BCUT2D eigenvalue weighted by atomic mass is 10.0. The molecule has 6 nitrogen and oxygen atoms in total. The molecule has 1 fully saturated rings. The summed E-state index contributed by atoms with van der Waals surface area (Å²) >= 11 is 5.92. The van der Waals surface area contributed by atoms with Crippen molar-refractivity contribution < 1.29 is 14.8 Å². The number of para-hydroxylation sites is 1. The molecule has 0 amide bonds. The minimum Gasteiger partial charge on any atom is -0.386 e. The van der Waals surface area contributed by atoms with Crippen molar-refractivity contribution in [3.63, 3.8) is 0 Å². The van der Waals surface area contributed by atoms with Gasteiger partial charge < -0.3 is 15.2 Å². The van der Waals surface area contributed by atoms with E-state index in [0.717, 1.165) is 0 Å². The van der Waals surface area contributed by atoms with Gasteiger partial charge in [0.25, 0.3) is 5.69 Å². The molecule has 1 heterocycles. The summed E-state index contributed by atoms with van der Waals surface area (Å²) in [5, 5.41) is 24.0. The largest absolute Gasteiger partial charge is 0.386 e. The first-order valence-corrected chi connectivity index (χ1v) is 5.86. The van der Waals surface area contributed by atoms with Crippen LogP contribution in [0.1, 0.15) is 6.42 Å². The molecule has 0 saturated carbocycles. The Kier molecular flexibility index (Phi) is 3.70. The van der Waals surface area contributed by atoms with Crippen LogP contribution in [0, 0.1) is 10.1 Å². The quantitative estimate of drug-likeness (QED) is 0.645. The standard InChI is InChI=1S/C11H13ClN2O4/c12-8-2-1-3-9(14(16)17)10(8)13-6-11(15)4-5-18-7-11/h1-3,13,15H,4-7H2. The summed E-state index contributed by atoms with van der Waals surface area (Å²) in [4.78, 5) is 10.4. The normalized spacial score (nSPS) is 23.0. The summed E-state index contributed by atoms with van der Waals surface area (Å²) in [5.41, 5.74) is -0.873. The molecule has 18 heavy (non-hydrogen) atoms. The van der Waals surface area contributed by atoms with Gasteiger partial charge in [-0.3, -0.25) is 10.1 Å². The van der Waals surface area contributed by atoms with E-state index in [1.807, 2.05) is 0 Å². The van der Waals surface area contributed by atoms with Gasteiger partial charge >= 0.3 is 0 Å². The maximum Gasteiger partial charge on any atom is 0.293 e. The minimum atomic E-state index is -0.993. The van der Waals surface area contributed by atoms with Crippen LogP contribution in [-0.2, 0) is 4.74 Å². The highest BCUT2D eigenvalue weighted by atomic mass is 35.5. The van der Waals surface area contributed by atoms with Crippen molar-refractivity contribution in [2.75, 3.05) is 25.1 Å². The van der Waals surface area contributed by atoms with E-state index in [1.165, 1.54) is 12.1 Å². The van der Waals surface area contributed by atoms with Gasteiger partial charge in [-0.1, -0.05) is 17.7 Å². The number of benzene rings is 1. The van der Waals surface area contributed by atoms with Gasteiger partial charge in [0, 0.05) is 25.6 Å². The molecule has 0 aromatic heterocycles. The van der Waals surface area contributed by atoms with E-state index in [1.54, 1.807) is 6.07 Å². The average Bonchev–Trinajstić information content (AvgIpc) is 2.74. The number of nitrogens with one attached hydrogen (secondary N) is 1. The number of nitrogens with zero attached hydrogens (tertiary/aromatic N) is 1. The molecular formula is C11H13ClN2O4. The van der Waals surface area contributed by atoms with Crippen molar-refractivity contribution in [3.8, 4) is 0 Å². The van der Waals surface area contributed by atoms with Gasteiger partial charge in [0.15, 0.2) is 0 Å². The Hall–Kier alpha value is -1.37. The van der Waals surface area contributed by atoms with E-state index in [0.29, 0.717) is 13.0 Å². The molecule has 1 atom stereocenters. The first-order chi connectivity index (χ1) is 8.52. The van der Waals surface area contributed by atoms with Crippen LogP contribution in [0.15, 0.2) is 18.2 Å². The third-order valence-electron chi connectivity index (χ3n) is 2.87. The molecule has 0 bridgehead atoms. The van der Waals surface area contributed by atoms with Gasteiger partial charge in [-0.2, -0.15) is 0 Å². The summed E-state index contributed by atoms with van der Waals surface area (Å²) in [7, 11) is 0. The molecule has 1 aromatic carbocycles. The lowest BCUT2D eigenvalue weighted by Gasteiger charge is -2.21. The SMILES string of the molecule is O=[N+]([O-])c1cccc(Cl)c1NCC1(O)CCOC1. The summed E-state index contributed by atoms with van der Waals surface area (Å²) in [6.45, 7) is 0.874. The van der Waals surface area contributed by atoms with Crippen LogP contribution >= 0.6 is 11.6 Å². The number of anilines is 1. The average molecular weight is 273 g/mol. The topological polar surface area (TPSA) is 84.6 Å². The Labute approximate surface area is 109 Å². The molecule has 2 N–H and O–H groups in total. The van der Waals surface area contributed by atoms with Crippen molar-refractivity contribution in [1.29, 1.82) is 0 Å². The van der Waals surface area contributed by atoms with E-state index in [4.69, 9.17) is 16.3 Å². The van der Waals surface area contributed by atoms with E-state index in [2.05, 4.69) is 5.32 Å². The number of hydrogen-bond acceptors (Lipinski definition) is 5. The zero-order valence-corrected chi connectivity index (χ0v) is 10.3. The number of nitro groups is 1. The van der Waals surface area contributed by atoms with Crippen LogP contribution < -0.4 is 5.32 Å². The maximum atomic E-state index is 10.9. The van der Waals surface area contributed by atoms with Gasteiger partial charge in [0.1, 0.15) is 11.3 Å². The predicted octanol–water partition coefficient (Wildman–Crippen LogP) is 1.81. The van der Waals surface area contributed by atoms with Gasteiger partial charge in [0.05, 0.1) is 16.6 Å². The zero-order valence-electron chi connectivity index (χ0n) is 9.56. The van der Waals surface area contributed by atoms with E-state index in [9.17, 15) is 15.2 Å². The molecule has 2 rings (SSSR count). The molecule has 1 aliphatic heterocycles. The van der Waals surface area contributed by atoms with Gasteiger partial charge in [-0.25, -0.2) is 0 Å². The predicted molar refractivity (Wildman–Crippen MR) is 67.0 cm³/mol. The Morgan fingerprint density at radius 3 is 3.00 bits per heavy atom. The third-order valence-corrected chi connectivity index (χ3v) is 3.18. The molecule has 1 aromatic rings. The van der Waals surface area contributed by atoms with E-state index >= 15 is 0 Å². The molecule has 1 aliphatic rings. The lowest BCUT2D eigenvalue weighted by molar-refractivity contribution is -0.384. The highest BCUT2D eigenvalue weighted by Gasteiger charge is 2.32. The van der Waals surface area contributed by atoms with Gasteiger partial charge in [0.2, 0.25) is 0 Å². The van der Waals surface area contributed by atoms with Crippen molar-refractivity contribution in [2.24, 2.45) is 0 Å². The fraction of sp³-hybridized carbons (Fsp3) is 0.455. The van der Waals surface area contributed by atoms with Gasteiger partial charge in [-0.05, 0) is 6.07 Å². The summed E-state index contributed by atoms with van der Waals surface area (Å²) < 4.78 is 5.10. The van der Waals surface area contributed by atoms with Crippen LogP contribution in [0.25, 0.3) is 0 Å².